The van der Waals surface area contributed by atoms with Crippen LogP contribution >= 0.6 is 0 Å². The Hall–Kier alpha value is -2.28. The zero-order valence-corrected chi connectivity index (χ0v) is 21.6. The van der Waals surface area contributed by atoms with Gasteiger partial charge in [-0.15, -0.1) is 0 Å². The molecule has 192 valence electrons. The van der Waals surface area contributed by atoms with Crippen molar-refractivity contribution in [2.45, 2.75) is 84.1 Å². The number of aliphatic imine (C=N–C) groups is 1. The van der Waals surface area contributed by atoms with Crippen molar-refractivity contribution in [2.75, 3.05) is 32.9 Å². The number of urea groups is 1. The molecule has 1 saturated heterocycles. The van der Waals surface area contributed by atoms with Crippen LogP contribution < -0.4 is 11.1 Å². The first kappa shape index (κ1) is 28.0. The van der Waals surface area contributed by atoms with E-state index in [1.54, 1.807) is 4.90 Å². The molecule has 34 heavy (non-hydrogen) atoms. The van der Waals surface area contributed by atoms with E-state index in [2.05, 4.69) is 38.2 Å². The summed E-state index contributed by atoms with van der Waals surface area (Å²) in [5.74, 6) is 0.846. The lowest BCUT2D eigenvalue weighted by Crippen LogP contribution is -2.42. The number of benzene rings is 1. The molecule has 7 heteroatoms. The molecule has 1 aromatic rings. The zero-order valence-electron chi connectivity index (χ0n) is 21.6. The smallest absolute Gasteiger partial charge is 0.317 e. The highest BCUT2D eigenvalue weighted by molar-refractivity contribution is 5.78. The van der Waals surface area contributed by atoms with E-state index in [-0.39, 0.29) is 18.3 Å². The third-order valence-electron chi connectivity index (χ3n) is 6.93. The Labute approximate surface area is 206 Å². The summed E-state index contributed by atoms with van der Waals surface area (Å²) in [5, 5.41) is 13.0. The summed E-state index contributed by atoms with van der Waals surface area (Å²) in [6, 6.07) is 10.2. The molecule has 0 bridgehead atoms. The predicted molar refractivity (Wildman–Crippen MR) is 141 cm³/mol. The number of nitrogens with two attached hydrogens (primary N) is 1. The van der Waals surface area contributed by atoms with E-state index in [9.17, 15) is 9.90 Å². The Morgan fingerprint density at radius 2 is 1.91 bits per heavy atom. The lowest BCUT2D eigenvalue weighted by Gasteiger charge is -2.29. The Morgan fingerprint density at radius 1 is 1.24 bits per heavy atom. The van der Waals surface area contributed by atoms with Gasteiger partial charge in [0.15, 0.2) is 5.96 Å². The average molecular weight is 474 g/mol. The molecule has 2 amide bonds. The number of hydrogen-bond donors (Lipinski definition) is 3. The number of carbonyl (C=O) groups is 1. The van der Waals surface area contributed by atoms with Crippen LogP contribution in [-0.4, -0.2) is 65.3 Å². The molecule has 1 atom stereocenters. The molecule has 1 fully saturated rings. The quantitative estimate of drug-likeness (QED) is 0.213. The fourth-order valence-corrected chi connectivity index (χ4v) is 4.62. The van der Waals surface area contributed by atoms with Crippen molar-refractivity contribution in [3.63, 3.8) is 0 Å². The normalized spacial score (nSPS) is 16.6. The van der Waals surface area contributed by atoms with Gasteiger partial charge >= 0.3 is 6.03 Å². The van der Waals surface area contributed by atoms with Gasteiger partial charge in [-0.2, -0.15) is 0 Å². The molecule has 1 heterocycles. The molecule has 0 spiro atoms. The highest BCUT2D eigenvalue weighted by Gasteiger charge is 2.27. The van der Waals surface area contributed by atoms with Crippen molar-refractivity contribution in [2.24, 2.45) is 16.6 Å². The Bertz CT molecular complexity index is 732. The summed E-state index contributed by atoms with van der Waals surface area (Å²) in [4.78, 5) is 21.1. The molecule has 0 aromatic heterocycles. The number of likely N-dealkylation sites (tertiary alicyclic amines) is 1. The molecule has 1 unspecified atom stereocenters. The number of aliphatic hydroxyl groups is 1. The standard InChI is InChI=1S/C27H47N5O2/c1-4-6-16-27(3,17-7-5-2)30-25(28)32(22-33)20-15-24-14-19-31(21-24)26(34)29-18-13-23-11-9-8-10-12-23/h8-12,24,33H,4-7,13-22H2,1-3H3,(H2,28,30)(H,29,34). The van der Waals surface area contributed by atoms with Crippen molar-refractivity contribution in [3.05, 3.63) is 35.9 Å². The SMILES string of the molecule is CCCCC(C)(CCCC)N=C(N)N(CO)CCC1CCN(C(=O)NCCc2ccccc2)C1. The van der Waals surface area contributed by atoms with Crippen LogP contribution in [0.4, 0.5) is 4.79 Å². The van der Waals surface area contributed by atoms with Crippen molar-refractivity contribution >= 4 is 12.0 Å². The lowest BCUT2D eigenvalue weighted by atomic mass is 9.90. The maximum absolute atomic E-state index is 12.5. The summed E-state index contributed by atoms with van der Waals surface area (Å²) in [7, 11) is 0. The molecule has 0 saturated carbocycles. The summed E-state index contributed by atoms with van der Waals surface area (Å²) < 4.78 is 0. The molecule has 0 aliphatic carbocycles. The third kappa shape index (κ3) is 9.53. The molecule has 0 radical (unpaired) electrons. The lowest BCUT2D eigenvalue weighted by molar-refractivity contribution is 0.160. The highest BCUT2D eigenvalue weighted by Crippen LogP contribution is 2.26. The van der Waals surface area contributed by atoms with E-state index < -0.39 is 0 Å². The van der Waals surface area contributed by atoms with Crippen LogP contribution in [0, 0.1) is 5.92 Å². The largest absolute Gasteiger partial charge is 0.376 e. The van der Waals surface area contributed by atoms with Crippen LogP contribution in [0.25, 0.3) is 0 Å². The first-order chi connectivity index (χ1) is 16.4. The van der Waals surface area contributed by atoms with Crippen LogP contribution in [-0.2, 0) is 6.42 Å². The van der Waals surface area contributed by atoms with E-state index in [4.69, 9.17) is 10.7 Å². The first-order valence-electron chi connectivity index (χ1n) is 13.2. The molecule has 1 aliphatic heterocycles. The minimum atomic E-state index is -0.175. The van der Waals surface area contributed by atoms with Crippen molar-refractivity contribution < 1.29 is 9.90 Å². The number of nitrogens with one attached hydrogen (secondary N) is 1. The Morgan fingerprint density at radius 3 is 2.53 bits per heavy atom. The van der Waals surface area contributed by atoms with Crippen LogP contribution in [0.15, 0.2) is 35.3 Å². The molecule has 1 aromatic carbocycles. The van der Waals surface area contributed by atoms with Gasteiger partial charge in [0.05, 0.1) is 5.54 Å². The summed E-state index contributed by atoms with van der Waals surface area (Å²) in [5.41, 5.74) is 7.42. The number of hydrogen-bond acceptors (Lipinski definition) is 3. The molecular weight excluding hydrogens is 426 g/mol. The second-order valence-electron chi connectivity index (χ2n) is 9.94. The van der Waals surface area contributed by atoms with Crippen LogP contribution in [0.1, 0.15) is 77.7 Å². The minimum Gasteiger partial charge on any atom is -0.376 e. The number of guanidine groups is 1. The van der Waals surface area contributed by atoms with Crippen molar-refractivity contribution in [3.8, 4) is 0 Å². The van der Waals surface area contributed by atoms with Crippen LogP contribution in [0.5, 0.6) is 0 Å². The van der Waals surface area contributed by atoms with Gasteiger partial charge in [-0.05, 0) is 50.5 Å². The molecule has 4 N–H and O–H groups in total. The van der Waals surface area contributed by atoms with Gasteiger partial charge in [-0.3, -0.25) is 0 Å². The van der Waals surface area contributed by atoms with E-state index in [1.165, 1.54) is 5.56 Å². The van der Waals surface area contributed by atoms with Gasteiger partial charge in [0, 0.05) is 26.2 Å². The molecular formula is C27H47N5O2. The van der Waals surface area contributed by atoms with Gasteiger partial charge in [0.25, 0.3) is 0 Å². The predicted octanol–water partition coefficient (Wildman–Crippen LogP) is 4.36. The molecule has 2 rings (SSSR count). The van der Waals surface area contributed by atoms with Gasteiger partial charge in [0.2, 0.25) is 0 Å². The van der Waals surface area contributed by atoms with Gasteiger partial charge in [-0.25, -0.2) is 9.79 Å². The number of nitrogens with zero attached hydrogens (tertiary/aromatic N) is 3. The zero-order chi connectivity index (χ0) is 24.8. The third-order valence-corrected chi connectivity index (χ3v) is 6.93. The highest BCUT2D eigenvalue weighted by atomic mass is 16.3. The number of amides is 2. The topological polar surface area (TPSA) is 94.2 Å². The Kier molecular flexibility index (Phi) is 12.2. The van der Waals surface area contributed by atoms with Crippen LogP contribution in [0.3, 0.4) is 0 Å². The fourth-order valence-electron chi connectivity index (χ4n) is 4.62. The minimum absolute atomic E-state index is 0.0149. The maximum atomic E-state index is 12.5. The number of carbonyl (C=O) groups excluding carboxylic acids is 1. The Balaban J connectivity index is 1.80. The number of unbranched alkanes of at least 4 members (excludes halogenated alkanes) is 2. The number of rotatable bonds is 14. The summed E-state index contributed by atoms with van der Waals surface area (Å²) in [6.45, 7) is 9.26. The first-order valence-corrected chi connectivity index (χ1v) is 13.2. The van der Waals surface area contributed by atoms with E-state index in [0.717, 1.165) is 70.9 Å². The van der Waals surface area contributed by atoms with E-state index in [1.807, 2.05) is 23.1 Å². The molecule has 1 aliphatic rings. The second-order valence-corrected chi connectivity index (χ2v) is 9.94. The summed E-state index contributed by atoms with van der Waals surface area (Å²) in [6.07, 6.45) is 9.25. The van der Waals surface area contributed by atoms with Gasteiger partial charge in [0.1, 0.15) is 6.73 Å². The van der Waals surface area contributed by atoms with E-state index >= 15 is 0 Å². The average Bonchev–Trinajstić information content (AvgIpc) is 3.32. The van der Waals surface area contributed by atoms with E-state index in [0.29, 0.717) is 25.0 Å². The van der Waals surface area contributed by atoms with Gasteiger partial charge < -0.3 is 26.0 Å². The fraction of sp³-hybridized carbons (Fsp3) is 0.704. The van der Waals surface area contributed by atoms with Crippen molar-refractivity contribution in [1.29, 1.82) is 0 Å². The monoisotopic (exact) mass is 473 g/mol. The van der Waals surface area contributed by atoms with Gasteiger partial charge in [-0.1, -0.05) is 69.9 Å². The maximum Gasteiger partial charge on any atom is 0.317 e. The van der Waals surface area contributed by atoms with Crippen LogP contribution in [0.2, 0.25) is 0 Å². The van der Waals surface area contributed by atoms with Crippen molar-refractivity contribution in [1.82, 2.24) is 15.1 Å². The molecule has 7 nitrogen and oxygen atoms in total. The second kappa shape index (κ2) is 14.9. The summed E-state index contributed by atoms with van der Waals surface area (Å²) >= 11 is 0. The number of aliphatic hydroxyl groups excluding tert-OH is 1.